The first kappa shape index (κ1) is 24.0. The highest BCUT2D eigenvalue weighted by Gasteiger charge is 2.33. The minimum Gasteiger partial charge on any atom is -0.335 e. The lowest BCUT2D eigenvalue weighted by Gasteiger charge is -2.24. The van der Waals surface area contributed by atoms with Gasteiger partial charge >= 0.3 is 0 Å². The van der Waals surface area contributed by atoms with E-state index in [0.29, 0.717) is 21.3 Å². The number of fused-ring (bicyclic) bond motifs is 1. The van der Waals surface area contributed by atoms with Crippen molar-refractivity contribution in [1.29, 1.82) is 0 Å². The molecule has 170 valence electrons. The highest BCUT2D eigenvalue weighted by Crippen LogP contribution is 2.25. The van der Waals surface area contributed by atoms with Gasteiger partial charge in [-0.15, -0.1) is 0 Å². The van der Waals surface area contributed by atoms with Crippen LogP contribution in [0, 0.1) is 5.92 Å². The molecule has 0 spiro atoms. The number of likely N-dealkylation sites (N-methyl/N-ethyl adjacent to an activating group) is 1. The summed E-state index contributed by atoms with van der Waals surface area (Å²) in [5, 5.41) is 3.31. The van der Waals surface area contributed by atoms with Crippen LogP contribution < -0.4 is 10.0 Å². The Morgan fingerprint density at radius 1 is 1.12 bits per heavy atom. The van der Waals surface area contributed by atoms with Crippen molar-refractivity contribution >= 4 is 56.6 Å². The summed E-state index contributed by atoms with van der Waals surface area (Å²) in [5.74, 6) is -0.976. The van der Waals surface area contributed by atoms with Crippen LogP contribution in [0.5, 0.6) is 0 Å². The fourth-order valence-corrected chi connectivity index (χ4v) is 4.69. The number of aliphatic imine (C=N–C) groups is 1. The molecule has 3 rings (SSSR count). The zero-order chi connectivity index (χ0) is 23.6. The maximum Gasteiger partial charge on any atom is 0.263 e. The van der Waals surface area contributed by atoms with Crippen molar-refractivity contribution < 1.29 is 18.0 Å². The summed E-state index contributed by atoms with van der Waals surface area (Å²) in [7, 11) is -2.24. The summed E-state index contributed by atoms with van der Waals surface area (Å²) in [6.45, 7) is 3.37. The molecule has 0 saturated carbocycles. The number of anilines is 1. The number of rotatable bonds is 6. The molecule has 0 radical (unpaired) electrons. The number of carbonyl (C=O) groups is 2. The van der Waals surface area contributed by atoms with Crippen molar-refractivity contribution in [3.63, 3.8) is 0 Å². The molecule has 1 heterocycles. The predicted molar refractivity (Wildman–Crippen MR) is 125 cm³/mol. The molecule has 1 aliphatic heterocycles. The number of benzene rings is 2. The van der Waals surface area contributed by atoms with Crippen LogP contribution in [0.3, 0.4) is 0 Å². The molecule has 0 fully saturated rings. The number of amidine groups is 1. The molecule has 0 aliphatic carbocycles. The van der Waals surface area contributed by atoms with Crippen LogP contribution in [0.2, 0.25) is 10.0 Å². The number of nitrogens with zero attached hydrogens (tertiary/aromatic N) is 2. The molecule has 2 aromatic rings. The Morgan fingerprint density at radius 3 is 2.47 bits per heavy atom. The van der Waals surface area contributed by atoms with E-state index >= 15 is 0 Å². The first-order valence-corrected chi connectivity index (χ1v) is 11.9. The van der Waals surface area contributed by atoms with Gasteiger partial charge in [0.05, 0.1) is 21.5 Å². The molecule has 2 amide bonds. The molecule has 0 bridgehead atoms. The van der Waals surface area contributed by atoms with Crippen molar-refractivity contribution in [3.05, 3.63) is 58.1 Å². The zero-order valence-electron chi connectivity index (χ0n) is 17.6. The van der Waals surface area contributed by atoms with Crippen LogP contribution in [-0.2, 0) is 19.6 Å². The number of sulfonamides is 1. The summed E-state index contributed by atoms with van der Waals surface area (Å²) < 4.78 is 27.1. The van der Waals surface area contributed by atoms with Gasteiger partial charge in [0.1, 0.15) is 11.9 Å². The second kappa shape index (κ2) is 9.48. The van der Waals surface area contributed by atoms with Gasteiger partial charge in [0.15, 0.2) is 0 Å². The van der Waals surface area contributed by atoms with Crippen LogP contribution in [0.1, 0.15) is 19.4 Å². The molecule has 11 heteroatoms. The minimum atomic E-state index is -3.72. The lowest BCUT2D eigenvalue weighted by Crippen LogP contribution is -2.43. The third kappa shape index (κ3) is 5.23. The zero-order valence-corrected chi connectivity index (χ0v) is 19.9. The Balaban J connectivity index is 1.76. The van der Waals surface area contributed by atoms with Crippen molar-refractivity contribution in [2.24, 2.45) is 10.9 Å². The van der Waals surface area contributed by atoms with Crippen molar-refractivity contribution in [1.82, 2.24) is 9.62 Å². The quantitative estimate of drug-likeness (QED) is 0.639. The molecule has 2 aromatic carbocycles. The first-order valence-electron chi connectivity index (χ1n) is 9.69. The predicted octanol–water partition coefficient (Wildman–Crippen LogP) is 3.15. The van der Waals surface area contributed by atoms with Crippen molar-refractivity contribution in [3.8, 4) is 0 Å². The lowest BCUT2D eigenvalue weighted by atomic mass is 10.0. The molecule has 2 N–H and O–H groups in total. The van der Waals surface area contributed by atoms with Crippen LogP contribution in [0.15, 0.2) is 52.4 Å². The summed E-state index contributed by atoms with van der Waals surface area (Å²) in [5.41, 5.74) is 0.855. The van der Waals surface area contributed by atoms with E-state index in [1.165, 1.54) is 24.1 Å². The van der Waals surface area contributed by atoms with Crippen LogP contribution in [-0.4, -0.2) is 50.6 Å². The van der Waals surface area contributed by atoms with Crippen LogP contribution in [0.25, 0.3) is 0 Å². The number of nitrogens with one attached hydrogen (secondary N) is 2. The molecule has 0 aromatic heterocycles. The minimum absolute atomic E-state index is 0.112. The van der Waals surface area contributed by atoms with Gasteiger partial charge in [-0.25, -0.2) is 8.42 Å². The standard InChI is InChI=1S/C21H22Cl2N4O4S/c1-12(2)19(25-20-14-6-4-5-7-17(14)32(30,31)26-20)21(29)27(3)11-18(28)24-13-8-9-15(22)16(23)10-13/h4-10,12,19H,11H2,1-3H3,(H,24,28)(H,25,26)/t19-/m0/s1. The van der Waals surface area contributed by atoms with Gasteiger partial charge in [0.25, 0.3) is 10.0 Å². The van der Waals surface area contributed by atoms with E-state index in [-0.39, 0.29) is 23.2 Å². The molecule has 0 unspecified atom stereocenters. The number of halogens is 2. The lowest BCUT2D eigenvalue weighted by molar-refractivity contribution is -0.135. The van der Waals surface area contributed by atoms with Crippen molar-refractivity contribution in [2.75, 3.05) is 18.9 Å². The maximum atomic E-state index is 13.1. The van der Waals surface area contributed by atoms with E-state index < -0.39 is 27.9 Å². The first-order chi connectivity index (χ1) is 15.0. The van der Waals surface area contributed by atoms with E-state index in [4.69, 9.17) is 23.2 Å². The fourth-order valence-electron chi connectivity index (χ4n) is 3.15. The van der Waals surface area contributed by atoms with E-state index in [9.17, 15) is 18.0 Å². The van der Waals surface area contributed by atoms with Gasteiger partial charge in [-0.1, -0.05) is 49.2 Å². The molecular weight excluding hydrogens is 475 g/mol. The van der Waals surface area contributed by atoms with E-state index in [1.807, 2.05) is 0 Å². The molecule has 8 nitrogen and oxygen atoms in total. The smallest absolute Gasteiger partial charge is 0.263 e. The largest absolute Gasteiger partial charge is 0.335 e. The third-order valence-corrected chi connectivity index (χ3v) is 6.91. The maximum absolute atomic E-state index is 13.1. The Kier molecular flexibility index (Phi) is 7.12. The Morgan fingerprint density at radius 2 is 1.81 bits per heavy atom. The van der Waals surface area contributed by atoms with Gasteiger partial charge in [0.2, 0.25) is 11.8 Å². The molecule has 1 atom stereocenters. The summed E-state index contributed by atoms with van der Waals surface area (Å²) in [6, 6.07) is 10.2. The summed E-state index contributed by atoms with van der Waals surface area (Å²) in [6.07, 6.45) is 0. The Labute approximate surface area is 196 Å². The van der Waals surface area contributed by atoms with E-state index in [2.05, 4.69) is 15.0 Å². The topological polar surface area (TPSA) is 108 Å². The Hall–Kier alpha value is -2.62. The van der Waals surface area contributed by atoms with Gasteiger partial charge in [0, 0.05) is 18.3 Å². The van der Waals surface area contributed by atoms with Gasteiger partial charge in [-0.2, -0.15) is 0 Å². The SMILES string of the molecule is CC(C)[C@H](N=C1NS(=O)(=O)c2ccccc21)C(=O)N(C)CC(=O)Nc1ccc(Cl)c(Cl)c1. The van der Waals surface area contributed by atoms with Gasteiger partial charge in [-0.05, 0) is 36.2 Å². The molecule has 32 heavy (non-hydrogen) atoms. The van der Waals surface area contributed by atoms with Gasteiger partial charge in [-0.3, -0.25) is 19.3 Å². The molecular formula is C21H22Cl2N4O4S. The average Bonchev–Trinajstić information content (AvgIpc) is 2.98. The number of hydrogen-bond acceptors (Lipinski definition) is 5. The van der Waals surface area contributed by atoms with Crippen molar-refractivity contribution in [2.45, 2.75) is 24.8 Å². The van der Waals surface area contributed by atoms with Gasteiger partial charge < -0.3 is 10.2 Å². The highest BCUT2D eigenvalue weighted by molar-refractivity contribution is 7.90. The summed E-state index contributed by atoms with van der Waals surface area (Å²) in [4.78, 5) is 31.2. The summed E-state index contributed by atoms with van der Waals surface area (Å²) >= 11 is 11.8. The van der Waals surface area contributed by atoms with Crippen LogP contribution in [0.4, 0.5) is 5.69 Å². The number of hydrogen-bond donors (Lipinski definition) is 2. The second-order valence-electron chi connectivity index (χ2n) is 7.64. The van der Waals surface area contributed by atoms with E-state index in [1.54, 1.807) is 44.2 Å². The monoisotopic (exact) mass is 496 g/mol. The molecule has 0 saturated heterocycles. The fraction of sp³-hybridized carbons (Fsp3) is 0.286. The average molecular weight is 497 g/mol. The second-order valence-corrected chi connectivity index (χ2v) is 10.1. The number of carbonyl (C=O) groups excluding carboxylic acids is 2. The Bertz CT molecular complexity index is 1200. The van der Waals surface area contributed by atoms with Crippen LogP contribution >= 0.6 is 23.2 Å². The molecule has 1 aliphatic rings. The highest BCUT2D eigenvalue weighted by atomic mass is 35.5. The van der Waals surface area contributed by atoms with E-state index in [0.717, 1.165) is 0 Å². The number of amides is 2. The third-order valence-electron chi connectivity index (χ3n) is 4.78. The normalized spacial score (nSPS) is 16.4.